The van der Waals surface area contributed by atoms with Crippen LogP contribution in [-0.2, 0) is 0 Å². The molecule has 2 aromatic heterocycles. The number of fused-ring (bicyclic) bond motifs is 2. The van der Waals surface area contributed by atoms with Crippen molar-refractivity contribution >= 4 is 27.6 Å². The van der Waals surface area contributed by atoms with Crippen LogP contribution >= 0.6 is 0 Å². The molecule has 5 rings (SSSR count). The second kappa shape index (κ2) is 6.36. The molecule has 0 saturated carbocycles. The third kappa shape index (κ3) is 2.87. The third-order valence-electron chi connectivity index (χ3n) is 4.87. The molecule has 0 unspecified atom stereocenters. The first-order valence-electron chi connectivity index (χ1n) is 8.93. The molecule has 1 aliphatic heterocycles. The van der Waals surface area contributed by atoms with E-state index in [4.69, 9.17) is 4.74 Å². The molecule has 2 aromatic carbocycles. The summed E-state index contributed by atoms with van der Waals surface area (Å²) >= 11 is 0. The van der Waals surface area contributed by atoms with Gasteiger partial charge in [-0.05, 0) is 23.6 Å². The Bertz CT molecular complexity index is 1150. The second-order valence-electron chi connectivity index (χ2n) is 6.67. The number of pyridine rings is 2. The van der Waals surface area contributed by atoms with E-state index in [1.54, 1.807) is 11.1 Å². The molecule has 0 N–H and O–H groups in total. The lowest BCUT2D eigenvalue weighted by Crippen LogP contribution is -2.56. The number of likely N-dealkylation sites (tertiary alicyclic amines) is 1. The molecule has 27 heavy (non-hydrogen) atoms. The van der Waals surface area contributed by atoms with Gasteiger partial charge in [-0.25, -0.2) is 4.98 Å². The van der Waals surface area contributed by atoms with E-state index in [1.165, 1.54) is 0 Å². The van der Waals surface area contributed by atoms with Gasteiger partial charge in [-0.15, -0.1) is 0 Å². The summed E-state index contributed by atoms with van der Waals surface area (Å²) in [5.41, 5.74) is 1.40. The fourth-order valence-electron chi connectivity index (χ4n) is 3.40. The van der Waals surface area contributed by atoms with E-state index in [2.05, 4.69) is 9.97 Å². The van der Waals surface area contributed by atoms with Crippen LogP contribution in [-0.4, -0.2) is 40.0 Å². The normalized spacial score (nSPS) is 14.3. The number of amides is 1. The van der Waals surface area contributed by atoms with Crippen molar-refractivity contribution in [2.45, 2.75) is 6.10 Å². The maximum atomic E-state index is 12.8. The van der Waals surface area contributed by atoms with E-state index in [1.807, 2.05) is 66.7 Å². The van der Waals surface area contributed by atoms with Crippen molar-refractivity contribution in [3.8, 4) is 5.88 Å². The molecule has 0 aliphatic carbocycles. The van der Waals surface area contributed by atoms with Crippen molar-refractivity contribution in [3.05, 3.63) is 78.6 Å². The van der Waals surface area contributed by atoms with Crippen LogP contribution in [0.1, 0.15) is 10.5 Å². The fourth-order valence-corrected chi connectivity index (χ4v) is 3.40. The number of ether oxygens (including phenoxy) is 1. The SMILES string of the molecule is O=C(c1nccc2ccccc12)N1CC(Oc2ccc3ccccc3n2)C1. The van der Waals surface area contributed by atoms with E-state index in [9.17, 15) is 4.79 Å². The summed E-state index contributed by atoms with van der Waals surface area (Å²) in [5.74, 6) is 0.534. The molecule has 3 heterocycles. The van der Waals surface area contributed by atoms with Crippen molar-refractivity contribution < 1.29 is 9.53 Å². The fraction of sp³-hybridized carbons (Fsp3) is 0.136. The van der Waals surface area contributed by atoms with Crippen LogP contribution in [0.2, 0.25) is 0 Å². The summed E-state index contributed by atoms with van der Waals surface area (Å²) in [6, 6.07) is 21.5. The molecule has 1 fully saturated rings. The topological polar surface area (TPSA) is 55.3 Å². The van der Waals surface area contributed by atoms with Gasteiger partial charge < -0.3 is 9.64 Å². The first kappa shape index (κ1) is 15.8. The maximum Gasteiger partial charge on any atom is 0.273 e. The van der Waals surface area contributed by atoms with Crippen LogP contribution in [0, 0.1) is 0 Å². The Morgan fingerprint density at radius 2 is 1.70 bits per heavy atom. The molecule has 5 heteroatoms. The average molecular weight is 355 g/mol. The van der Waals surface area contributed by atoms with E-state index < -0.39 is 0 Å². The molecule has 0 atom stereocenters. The zero-order chi connectivity index (χ0) is 18.2. The van der Waals surface area contributed by atoms with Gasteiger partial charge in [0.1, 0.15) is 11.8 Å². The minimum atomic E-state index is -0.0573. The molecule has 0 bridgehead atoms. The van der Waals surface area contributed by atoms with Crippen molar-refractivity contribution in [3.63, 3.8) is 0 Å². The number of hydrogen-bond donors (Lipinski definition) is 0. The van der Waals surface area contributed by atoms with Gasteiger partial charge in [0.15, 0.2) is 0 Å². The van der Waals surface area contributed by atoms with Crippen molar-refractivity contribution in [1.29, 1.82) is 0 Å². The Kier molecular flexibility index (Phi) is 3.71. The summed E-state index contributed by atoms with van der Waals surface area (Å²) in [5, 5.41) is 2.98. The van der Waals surface area contributed by atoms with Gasteiger partial charge in [-0.2, -0.15) is 0 Å². The Balaban J connectivity index is 1.29. The summed E-state index contributed by atoms with van der Waals surface area (Å²) in [6.07, 6.45) is 1.64. The molecule has 132 valence electrons. The van der Waals surface area contributed by atoms with Gasteiger partial charge in [0.25, 0.3) is 5.91 Å². The Morgan fingerprint density at radius 3 is 2.59 bits per heavy atom. The zero-order valence-corrected chi connectivity index (χ0v) is 14.6. The zero-order valence-electron chi connectivity index (χ0n) is 14.6. The highest BCUT2D eigenvalue weighted by Crippen LogP contribution is 2.23. The van der Waals surface area contributed by atoms with Crippen molar-refractivity contribution in [1.82, 2.24) is 14.9 Å². The molecule has 4 aromatic rings. The van der Waals surface area contributed by atoms with E-state index in [0.29, 0.717) is 24.7 Å². The van der Waals surface area contributed by atoms with E-state index >= 15 is 0 Å². The molecule has 5 nitrogen and oxygen atoms in total. The summed E-state index contributed by atoms with van der Waals surface area (Å²) < 4.78 is 5.94. The summed E-state index contributed by atoms with van der Waals surface area (Å²) in [7, 11) is 0. The second-order valence-corrected chi connectivity index (χ2v) is 6.67. The van der Waals surface area contributed by atoms with Crippen LogP contribution < -0.4 is 4.74 Å². The standard InChI is InChI=1S/C22H17N3O2/c26-22(21-18-7-3-1-5-15(18)11-12-23-21)25-13-17(14-25)27-20-10-9-16-6-2-4-8-19(16)24-20/h1-12,17H,13-14H2. The minimum absolute atomic E-state index is 0.0439. The van der Waals surface area contributed by atoms with Crippen LogP contribution in [0.25, 0.3) is 21.7 Å². The minimum Gasteiger partial charge on any atom is -0.471 e. The van der Waals surface area contributed by atoms with Crippen LogP contribution in [0.15, 0.2) is 72.9 Å². The van der Waals surface area contributed by atoms with Crippen molar-refractivity contribution in [2.75, 3.05) is 13.1 Å². The Labute approximate surface area is 156 Å². The molecular formula is C22H17N3O2. The highest BCUT2D eigenvalue weighted by molar-refractivity contribution is 6.05. The lowest BCUT2D eigenvalue weighted by molar-refractivity contribution is 0.0159. The predicted molar refractivity (Wildman–Crippen MR) is 104 cm³/mol. The van der Waals surface area contributed by atoms with Gasteiger partial charge in [0, 0.05) is 23.0 Å². The highest BCUT2D eigenvalue weighted by atomic mass is 16.5. The van der Waals surface area contributed by atoms with Gasteiger partial charge in [-0.3, -0.25) is 9.78 Å². The highest BCUT2D eigenvalue weighted by Gasteiger charge is 2.34. The molecule has 1 saturated heterocycles. The number of carbonyl (C=O) groups excluding carboxylic acids is 1. The number of benzene rings is 2. The lowest BCUT2D eigenvalue weighted by atomic mass is 10.1. The third-order valence-corrected chi connectivity index (χ3v) is 4.87. The molecule has 1 aliphatic rings. The summed E-state index contributed by atoms with van der Waals surface area (Å²) in [4.78, 5) is 23.4. The van der Waals surface area contributed by atoms with Crippen LogP contribution in [0.5, 0.6) is 5.88 Å². The summed E-state index contributed by atoms with van der Waals surface area (Å²) in [6.45, 7) is 1.08. The van der Waals surface area contributed by atoms with Crippen molar-refractivity contribution in [2.24, 2.45) is 0 Å². The van der Waals surface area contributed by atoms with E-state index in [0.717, 1.165) is 21.7 Å². The smallest absolute Gasteiger partial charge is 0.273 e. The number of nitrogens with zero attached hydrogens (tertiary/aromatic N) is 3. The van der Waals surface area contributed by atoms with Gasteiger partial charge in [0.05, 0.1) is 18.6 Å². The van der Waals surface area contributed by atoms with E-state index in [-0.39, 0.29) is 12.0 Å². The largest absolute Gasteiger partial charge is 0.471 e. The number of rotatable bonds is 3. The first-order chi connectivity index (χ1) is 13.3. The number of hydrogen-bond acceptors (Lipinski definition) is 4. The van der Waals surface area contributed by atoms with Crippen LogP contribution in [0.4, 0.5) is 0 Å². The quantitative estimate of drug-likeness (QED) is 0.562. The lowest BCUT2D eigenvalue weighted by Gasteiger charge is -2.38. The average Bonchev–Trinajstić information content (AvgIpc) is 2.69. The van der Waals surface area contributed by atoms with Gasteiger partial charge >= 0.3 is 0 Å². The maximum absolute atomic E-state index is 12.8. The number of aromatic nitrogens is 2. The van der Waals surface area contributed by atoms with Gasteiger partial charge in [-0.1, -0.05) is 42.5 Å². The molecule has 0 spiro atoms. The van der Waals surface area contributed by atoms with Crippen LogP contribution in [0.3, 0.4) is 0 Å². The van der Waals surface area contributed by atoms with Gasteiger partial charge in [0.2, 0.25) is 5.88 Å². The molecule has 1 amide bonds. The first-order valence-corrected chi connectivity index (χ1v) is 8.93. The number of carbonyl (C=O) groups is 1. The Hall–Kier alpha value is -3.47. The Morgan fingerprint density at radius 1 is 0.926 bits per heavy atom. The predicted octanol–water partition coefficient (Wildman–Crippen LogP) is 3.69. The monoisotopic (exact) mass is 355 g/mol. The molecular weight excluding hydrogens is 338 g/mol. The molecule has 0 radical (unpaired) electrons. The number of para-hydroxylation sites is 1.